The van der Waals surface area contributed by atoms with E-state index < -0.39 is 12.3 Å². The van der Waals surface area contributed by atoms with E-state index in [1.165, 1.54) is 6.20 Å². The van der Waals surface area contributed by atoms with Gasteiger partial charge in [0.25, 0.3) is 0 Å². The molecule has 0 radical (unpaired) electrons. The molecule has 1 unspecified atom stereocenters. The average molecular weight is 180 g/mol. The van der Waals surface area contributed by atoms with Crippen LogP contribution < -0.4 is 10.6 Å². The van der Waals surface area contributed by atoms with Crippen LogP contribution in [0.3, 0.4) is 0 Å². The fourth-order valence-electron chi connectivity index (χ4n) is 1.11. The number of nitrogens with one attached hydrogen (secondary N) is 2. The lowest BCUT2D eigenvalue weighted by atomic mass is 10.3. The van der Waals surface area contributed by atoms with Crippen LogP contribution >= 0.6 is 0 Å². The lowest BCUT2D eigenvalue weighted by Crippen LogP contribution is -2.38. The molecule has 1 aliphatic heterocycles. The Morgan fingerprint density at radius 3 is 3.15 bits per heavy atom. The quantitative estimate of drug-likeness (QED) is 0.520. The van der Waals surface area contributed by atoms with E-state index in [2.05, 4.69) is 20.6 Å². The monoisotopic (exact) mass is 180 g/mol. The number of hydrogen-bond donors (Lipinski definition) is 3. The number of anilines is 1. The van der Waals surface area contributed by atoms with Gasteiger partial charge in [0.05, 0.1) is 5.69 Å². The Labute approximate surface area is 74.0 Å². The highest BCUT2D eigenvalue weighted by Gasteiger charge is 2.24. The third-order valence-corrected chi connectivity index (χ3v) is 1.68. The van der Waals surface area contributed by atoms with Gasteiger partial charge in [-0.05, 0) is 6.92 Å². The SMILES string of the molecule is Cc1cnc2c(n1)NC(=O)NC2O. The van der Waals surface area contributed by atoms with Crippen LogP contribution in [0.5, 0.6) is 0 Å². The Balaban J connectivity index is 2.49. The smallest absolute Gasteiger partial charge is 0.322 e. The van der Waals surface area contributed by atoms with Gasteiger partial charge in [0.15, 0.2) is 12.0 Å². The van der Waals surface area contributed by atoms with Crippen molar-refractivity contribution in [2.24, 2.45) is 0 Å². The Bertz CT molecular complexity index is 366. The lowest BCUT2D eigenvalue weighted by molar-refractivity contribution is 0.139. The van der Waals surface area contributed by atoms with Crippen molar-refractivity contribution in [1.29, 1.82) is 0 Å². The van der Waals surface area contributed by atoms with Gasteiger partial charge in [-0.2, -0.15) is 0 Å². The van der Waals surface area contributed by atoms with Crippen molar-refractivity contribution in [3.63, 3.8) is 0 Å². The second-order valence-corrected chi connectivity index (χ2v) is 2.75. The molecule has 1 aromatic heterocycles. The molecular weight excluding hydrogens is 172 g/mol. The summed E-state index contributed by atoms with van der Waals surface area (Å²) in [6.45, 7) is 1.76. The minimum Gasteiger partial charge on any atom is -0.368 e. The highest BCUT2D eigenvalue weighted by molar-refractivity contribution is 5.91. The zero-order valence-corrected chi connectivity index (χ0v) is 6.90. The van der Waals surface area contributed by atoms with Crippen LogP contribution in [0.2, 0.25) is 0 Å². The maximum Gasteiger partial charge on any atom is 0.322 e. The molecule has 0 aliphatic carbocycles. The number of aliphatic hydroxyl groups is 1. The van der Waals surface area contributed by atoms with Crippen LogP contribution in [0.25, 0.3) is 0 Å². The number of aryl methyl sites for hydroxylation is 1. The minimum absolute atomic E-state index is 0.316. The largest absolute Gasteiger partial charge is 0.368 e. The third-order valence-electron chi connectivity index (χ3n) is 1.68. The molecule has 0 aromatic carbocycles. The lowest BCUT2D eigenvalue weighted by Gasteiger charge is -2.21. The predicted octanol–water partition coefficient (Wildman–Crippen LogP) is -0.0890. The molecule has 3 N–H and O–H groups in total. The zero-order chi connectivity index (χ0) is 9.42. The summed E-state index contributed by atoms with van der Waals surface area (Å²) >= 11 is 0. The summed E-state index contributed by atoms with van der Waals surface area (Å²) in [4.78, 5) is 18.9. The standard InChI is InChI=1S/C7H8N4O2/c1-3-2-8-4-5(9-3)10-7(13)11-6(4)12/h2,6,12H,1H3,(H2,9,10,11,13). The van der Waals surface area contributed by atoms with Gasteiger partial charge < -0.3 is 10.4 Å². The van der Waals surface area contributed by atoms with Crippen molar-refractivity contribution in [3.05, 3.63) is 17.6 Å². The predicted molar refractivity (Wildman–Crippen MR) is 43.9 cm³/mol. The van der Waals surface area contributed by atoms with Crippen LogP contribution in [0, 0.1) is 6.92 Å². The van der Waals surface area contributed by atoms with Gasteiger partial charge in [-0.25, -0.2) is 9.78 Å². The Morgan fingerprint density at radius 2 is 2.38 bits per heavy atom. The van der Waals surface area contributed by atoms with E-state index in [4.69, 9.17) is 0 Å². The molecule has 68 valence electrons. The number of carbonyl (C=O) groups is 1. The molecule has 1 atom stereocenters. The van der Waals surface area contributed by atoms with E-state index in [-0.39, 0.29) is 0 Å². The molecule has 1 aromatic rings. The molecule has 2 rings (SSSR count). The Morgan fingerprint density at radius 1 is 1.62 bits per heavy atom. The number of carbonyl (C=O) groups excluding carboxylic acids is 1. The molecule has 0 spiro atoms. The molecule has 0 saturated heterocycles. The van der Waals surface area contributed by atoms with E-state index in [1.54, 1.807) is 6.92 Å². The summed E-state index contributed by atoms with van der Waals surface area (Å²) in [5, 5.41) is 14.1. The summed E-state index contributed by atoms with van der Waals surface area (Å²) in [7, 11) is 0. The molecule has 1 aliphatic rings. The van der Waals surface area contributed by atoms with Crippen molar-refractivity contribution in [2.45, 2.75) is 13.2 Å². The van der Waals surface area contributed by atoms with Gasteiger partial charge in [0, 0.05) is 6.20 Å². The van der Waals surface area contributed by atoms with Gasteiger partial charge >= 0.3 is 6.03 Å². The van der Waals surface area contributed by atoms with Crippen molar-refractivity contribution >= 4 is 11.8 Å². The van der Waals surface area contributed by atoms with Crippen LogP contribution in [-0.2, 0) is 0 Å². The number of rotatable bonds is 0. The first kappa shape index (κ1) is 7.93. The molecule has 0 bridgehead atoms. The van der Waals surface area contributed by atoms with Crippen molar-refractivity contribution in [2.75, 3.05) is 5.32 Å². The average Bonchev–Trinajstić information content (AvgIpc) is 2.02. The van der Waals surface area contributed by atoms with Gasteiger partial charge in [-0.1, -0.05) is 0 Å². The fourth-order valence-corrected chi connectivity index (χ4v) is 1.11. The molecule has 2 heterocycles. The summed E-state index contributed by atoms with van der Waals surface area (Å²) in [6, 6.07) is -0.472. The number of aliphatic hydroxyl groups excluding tert-OH is 1. The number of aromatic nitrogens is 2. The van der Waals surface area contributed by atoms with E-state index in [9.17, 15) is 9.90 Å². The molecule has 6 nitrogen and oxygen atoms in total. The van der Waals surface area contributed by atoms with Crippen molar-refractivity contribution in [1.82, 2.24) is 15.3 Å². The first-order valence-corrected chi connectivity index (χ1v) is 3.76. The topological polar surface area (TPSA) is 87.1 Å². The molecule has 6 heteroatoms. The second-order valence-electron chi connectivity index (χ2n) is 2.75. The normalized spacial score (nSPS) is 20.2. The van der Waals surface area contributed by atoms with Gasteiger partial charge in [-0.3, -0.25) is 10.3 Å². The van der Waals surface area contributed by atoms with Gasteiger partial charge in [0.2, 0.25) is 0 Å². The number of hydrogen-bond acceptors (Lipinski definition) is 4. The summed E-state index contributed by atoms with van der Waals surface area (Å²) in [5.74, 6) is 0.316. The summed E-state index contributed by atoms with van der Waals surface area (Å²) < 4.78 is 0. The maximum atomic E-state index is 10.9. The van der Waals surface area contributed by atoms with E-state index in [0.717, 1.165) is 0 Å². The Hall–Kier alpha value is -1.69. The highest BCUT2D eigenvalue weighted by atomic mass is 16.3. The number of urea groups is 1. The summed E-state index contributed by atoms with van der Waals surface area (Å²) in [5.41, 5.74) is 1.03. The van der Waals surface area contributed by atoms with Crippen LogP contribution in [0.4, 0.5) is 10.6 Å². The molecule has 2 amide bonds. The number of nitrogens with zero attached hydrogens (tertiary/aromatic N) is 2. The fraction of sp³-hybridized carbons (Fsp3) is 0.286. The zero-order valence-electron chi connectivity index (χ0n) is 6.90. The van der Waals surface area contributed by atoms with Crippen LogP contribution in [-0.4, -0.2) is 21.1 Å². The van der Waals surface area contributed by atoms with Crippen molar-refractivity contribution in [3.8, 4) is 0 Å². The van der Waals surface area contributed by atoms with Crippen LogP contribution in [0.15, 0.2) is 6.20 Å². The number of fused-ring (bicyclic) bond motifs is 1. The van der Waals surface area contributed by atoms with Gasteiger partial charge in [-0.15, -0.1) is 0 Å². The van der Waals surface area contributed by atoms with E-state index in [0.29, 0.717) is 17.2 Å². The molecule has 0 fully saturated rings. The summed E-state index contributed by atoms with van der Waals surface area (Å²) in [6.07, 6.45) is 0.457. The third kappa shape index (κ3) is 1.31. The van der Waals surface area contributed by atoms with Crippen molar-refractivity contribution < 1.29 is 9.90 Å². The first-order valence-electron chi connectivity index (χ1n) is 3.76. The van der Waals surface area contributed by atoms with E-state index in [1.807, 2.05) is 0 Å². The highest BCUT2D eigenvalue weighted by Crippen LogP contribution is 2.20. The minimum atomic E-state index is -1.07. The second kappa shape index (κ2) is 2.67. The maximum absolute atomic E-state index is 10.9. The van der Waals surface area contributed by atoms with E-state index >= 15 is 0 Å². The Kier molecular flexibility index (Phi) is 1.63. The van der Waals surface area contributed by atoms with Crippen LogP contribution in [0.1, 0.15) is 17.6 Å². The first-order chi connectivity index (χ1) is 6.16. The molecule has 0 saturated carbocycles. The number of amides is 2. The molecule has 13 heavy (non-hydrogen) atoms. The molecular formula is C7H8N4O2. The van der Waals surface area contributed by atoms with Gasteiger partial charge in [0.1, 0.15) is 5.69 Å².